The van der Waals surface area contributed by atoms with Crippen molar-refractivity contribution < 1.29 is 4.74 Å². The Morgan fingerprint density at radius 1 is 1.36 bits per heavy atom. The number of nitrogens with zero attached hydrogens (tertiary/aromatic N) is 1. The molecule has 0 spiro atoms. The molecule has 0 saturated heterocycles. The number of rotatable bonds is 2. The quantitative estimate of drug-likeness (QED) is 0.598. The maximum absolute atomic E-state index is 5.44. The first-order chi connectivity index (χ1) is 5.11. The molecule has 1 unspecified atom stereocenters. The Hall–Kier alpha value is -0.530. The topological polar surface area (TPSA) is 21.6 Å². The number of hydrogen-bond donors (Lipinski definition) is 0. The lowest BCUT2D eigenvalue weighted by atomic mass is 10.1. The van der Waals surface area contributed by atoms with Gasteiger partial charge in [-0.3, -0.25) is 0 Å². The molecule has 1 heterocycles. The summed E-state index contributed by atoms with van der Waals surface area (Å²) >= 11 is 0. The van der Waals surface area contributed by atoms with Crippen molar-refractivity contribution in [3.8, 4) is 0 Å². The maximum atomic E-state index is 5.44. The fraction of sp³-hybridized carbons (Fsp3) is 0.889. The zero-order valence-electron chi connectivity index (χ0n) is 7.79. The van der Waals surface area contributed by atoms with Crippen LogP contribution in [0.1, 0.15) is 27.7 Å². The maximum Gasteiger partial charge on any atom is 0.186 e. The van der Waals surface area contributed by atoms with E-state index in [0.717, 1.165) is 12.5 Å². The van der Waals surface area contributed by atoms with E-state index in [-0.39, 0.29) is 0 Å². The fourth-order valence-corrected chi connectivity index (χ4v) is 1.07. The van der Waals surface area contributed by atoms with Crippen LogP contribution in [0.15, 0.2) is 4.99 Å². The summed E-state index contributed by atoms with van der Waals surface area (Å²) in [7, 11) is 0. The van der Waals surface area contributed by atoms with Crippen LogP contribution in [0.3, 0.4) is 0 Å². The van der Waals surface area contributed by atoms with Crippen molar-refractivity contribution >= 4 is 5.90 Å². The molecular formula is C9H17NO. The van der Waals surface area contributed by atoms with Gasteiger partial charge in [-0.25, -0.2) is 4.99 Å². The first-order valence-electron chi connectivity index (χ1n) is 4.31. The Morgan fingerprint density at radius 2 is 2.00 bits per heavy atom. The van der Waals surface area contributed by atoms with E-state index in [1.54, 1.807) is 0 Å². The molecule has 64 valence electrons. The minimum absolute atomic E-state index is 0.396. The van der Waals surface area contributed by atoms with Gasteiger partial charge in [0.2, 0.25) is 0 Å². The minimum atomic E-state index is 0.396. The van der Waals surface area contributed by atoms with Gasteiger partial charge in [-0.2, -0.15) is 0 Å². The SMILES string of the molecule is CC(C)C1=NC(C(C)C)CO1. The molecule has 1 atom stereocenters. The van der Waals surface area contributed by atoms with E-state index in [1.807, 2.05) is 0 Å². The highest BCUT2D eigenvalue weighted by atomic mass is 16.5. The molecule has 0 amide bonds. The van der Waals surface area contributed by atoms with Crippen molar-refractivity contribution in [2.75, 3.05) is 6.61 Å². The van der Waals surface area contributed by atoms with Crippen LogP contribution in [0.5, 0.6) is 0 Å². The molecule has 0 bridgehead atoms. The monoisotopic (exact) mass is 155 g/mol. The normalized spacial score (nSPS) is 24.2. The Kier molecular flexibility index (Phi) is 2.53. The average molecular weight is 155 g/mol. The van der Waals surface area contributed by atoms with E-state index >= 15 is 0 Å². The first kappa shape index (κ1) is 8.57. The summed E-state index contributed by atoms with van der Waals surface area (Å²) in [5, 5.41) is 0. The van der Waals surface area contributed by atoms with Crippen molar-refractivity contribution in [3.63, 3.8) is 0 Å². The minimum Gasteiger partial charge on any atom is -0.478 e. The Bertz CT molecular complexity index is 161. The Morgan fingerprint density at radius 3 is 2.27 bits per heavy atom. The summed E-state index contributed by atoms with van der Waals surface area (Å²) in [6, 6.07) is 0.396. The van der Waals surface area contributed by atoms with Crippen molar-refractivity contribution in [2.45, 2.75) is 33.7 Å². The van der Waals surface area contributed by atoms with Gasteiger partial charge in [0, 0.05) is 5.92 Å². The predicted octanol–water partition coefficient (Wildman–Crippen LogP) is 2.10. The molecule has 0 aromatic carbocycles. The van der Waals surface area contributed by atoms with Crippen molar-refractivity contribution in [3.05, 3.63) is 0 Å². The number of ether oxygens (including phenoxy) is 1. The molecule has 0 saturated carbocycles. The van der Waals surface area contributed by atoms with Gasteiger partial charge in [0.25, 0.3) is 0 Å². The molecule has 0 fully saturated rings. The van der Waals surface area contributed by atoms with Crippen molar-refractivity contribution in [1.82, 2.24) is 0 Å². The fourth-order valence-electron chi connectivity index (χ4n) is 1.07. The van der Waals surface area contributed by atoms with Crippen molar-refractivity contribution in [2.24, 2.45) is 16.8 Å². The molecule has 11 heavy (non-hydrogen) atoms. The largest absolute Gasteiger partial charge is 0.478 e. The summed E-state index contributed by atoms with van der Waals surface area (Å²) < 4.78 is 5.44. The molecule has 0 aromatic heterocycles. The summed E-state index contributed by atoms with van der Waals surface area (Å²) in [5.41, 5.74) is 0. The lowest BCUT2D eigenvalue weighted by Gasteiger charge is -2.06. The summed E-state index contributed by atoms with van der Waals surface area (Å²) in [4.78, 5) is 4.48. The van der Waals surface area contributed by atoms with Gasteiger partial charge >= 0.3 is 0 Å². The van der Waals surface area contributed by atoms with Gasteiger partial charge in [-0.1, -0.05) is 27.7 Å². The Labute approximate surface area is 68.7 Å². The third kappa shape index (κ3) is 1.95. The average Bonchev–Trinajstić information content (AvgIpc) is 2.33. The van der Waals surface area contributed by atoms with Gasteiger partial charge in [-0.05, 0) is 5.92 Å². The molecule has 0 N–H and O–H groups in total. The van der Waals surface area contributed by atoms with Gasteiger partial charge < -0.3 is 4.74 Å². The molecule has 1 aliphatic heterocycles. The second kappa shape index (κ2) is 3.24. The van der Waals surface area contributed by atoms with E-state index in [1.165, 1.54) is 0 Å². The van der Waals surface area contributed by atoms with Crippen LogP contribution in [0.25, 0.3) is 0 Å². The predicted molar refractivity (Wildman–Crippen MR) is 46.9 cm³/mol. The second-order valence-corrected chi connectivity index (χ2v) is 3.74. The standard InChI is InChI=1S/C9H17NO/c1-6(2)8-5-11-9(10-8)7(3)4/h6-8H,5H2,1-4H3. The van der Waals surface area contributed by atoms with Crippen LogP contribution in [0.4, 0.5) is 0 Å². The zero-order valence-corrected chi connectivity index (χ0v) is 7.79. The highest BCUT2D eigenvalue weighted by Crippen LogP contribution is 2.16. The number of aliphatic imine (C=N–C) groups is 1. The molecule has 2 nitrogen and oxygen atoms in total. The van der Waals surface area contributed by atoms with E-state index in [2.05, 4.69) is 32.7 Å². The summed E-state index contributed by atoms with van der Waals surface area (Å²) in [5.74, 6) is 1.98. The van der Waals surface area contributed by atoms with Crippen LogP contribution >= 0.6 is 0 Å². The van der Waals surface area contributed by atoms with E-state index < -0.39 is 0 Å². The smallest absolute Gasteiger partial charge is 0.186 e. The van der Waals surface area contributed by atoms with Gasteiger partial charge in [-0.15, -0.1) is 0 Å². The zero-order chi connectivity index (χ0) is 8.43. The molecule has 2 heteroatoms. The first-order valence-corrected chi connectivity index (χ1v) is 4.31. The van der Waals surface area contributed by atoms with E-state index in [4.69, 9.17) is 4.74 Å². The van der Waals surface area contributed by atoms with E-state index in [0.29, 0.717) is 17.9 Å². The van der Waals surface area contributed by atoms with Gasteiger partial charge in [0.05, 0.1) is 6.04 Å². The van der Waals surface area contributed by atoms with Crippen LogP contribution < -0.4 is 0 Å². The van der Waals surface area contributed by atoms with Crippen LogP contribution in [0.2, 0.25) is 0 Å². The summed E-state index contributed by atoms with van der Waals surface area (Å²) in [6.07, 6.45) is 0. The number of hydrogen-bond acceptors (Lipinski definition) is 2. The molecule has 0 aliphatic carbocycles. The Balaban J connectivity index is 2.54. The molecule has 0 radical (unpaired) electrons. The molecule has 0 aromatic rings. The van der Waals surface area contributed by atoms with Crippen LogP contribution in [-0.2, 0) is 4.74 Å². The van der Waals surface area contributed by atoms with Crippen LogP contribution in [-0.4, -0.2) is 18.5 Å². The highest BCUT2D eigenvalue weighted by molar-refractivity contribution is 5.79. The van der Waals surface area contributed by atoms with Gasteiger partial charge in [0.15, 0.2) is 5.90 Å². The molecule has 1 rings (SSSR count). The van der Waals surface area contributed by atoms with E-state index in [9.17, 15) is 0 Å². The lowest BCUT2D eigenvalue weighted by molar-refractivity contribution is 0.280. The summed E-state index contributed by atoms with van der Waals surface area (Å²) in [6.45, 7) is 9.37. The highest BCUT2D eigenvalue weighted by Gasteiger charge is 2.22. The molecule has 1 aliphatic rings. The van der Waals surface area contributed by atoms with Crippen molar-refractivity contribution in [1.29, 1.82) is 0 Å². The third-order valence-electron chi connectivity index (χ3n) is 1.96. The van der Waals surface area contributed by atoms with Gasteiger partial charge in [0.1, 0.15) is 6.61 Å². The van der Waals surface area contributed by atoms with Crippen LogP contribution in [0, 0.1) is 11.8 Å². The molecular weight excluding hydrogens is 138 g/mol. The second-order valence-electron chi connectivity index (χ2n) is 3.74. The third-order valence-corrected chi connectivity index (χ3v) is 1.96. The lowest BCUT2D eigenvalue weighted by Crippen LogP contribution is -2.13.